The van der Waals surface area contributed by atoms with Gasteiger partial charge in [0.2, 0.25) is 5.91 Å². The van der Waals surface area contributed by atoms with Gasteiger partial charge in [-0.2, -0.15) is 0 Å². The van der Waals surface area contributed by atoms with Crippen LogP contribution < -0.4 is 20.1 Å². The molecule has 1 amide bonds. The summed E-state index contributed by atoms with van der Waals surface area (Å²) >= 11 is 5.17. The summed E-state index contributed by atoms with van der Waals surface area (Å²) in [7, 11) is 1.61. The Hall–Kier alpha value is -2.60. The van der Waals surface area contributed by atoms with Gasteiger partial charge in [0.05, 0.1) is 13.7 Å². The van der Waals surface area contributed by atoms with Gasteiger partial charge >= 0.3 is 0 Å². The molecule has 0 aromatic heterocycles. The van der Waals surface area contributed by atoms with Crippen LogP contribution in [0.15, 0.2) is 48.5 Å². The number of anilines is 1. The normalized spacial score (nSPS) is 10.9. The lowest BCUT2D eigenvalue weighted by Crippen LogP contribution is -2.34. The number of thiocarbonyl (C=S) groups is 1. The number of carbonyl (C=O) groups is 1. The summed E-state index contributed by atoms with van der Waals surface area (Å²) in [5, 5.41) is 5.92. The third-order valence-electron chi connectivity index (χ3n) is 4.14. The van der Waals surface area contributed by atoms with Gasteiger partial charge in [0.1, 0.15) is 11.5 Å². The molecule has 0 saturated carbocycles. The van der Waals surface area contributed by atoms with Crippen LogP contribution in [0.4, 0.5) is 5.69 Å². The molecule has 0 atom stereocenters. The molecule has 150 valence electrons. The molecule has 5 nitrogen and oxygen atoms in total. The van der Waals surface area contributed by atoms with E-state index in [0.29, 0.717) is 19.4 Å². The molecule has 0 aliphatic carbocycles. The van der Waals surface area contributed by atoms with Gasteiger partial charge in [-0.25, -0.2) is 0 Å². The van der Waals surface area contributed by atoms with Crippen LogP contribution in [-0.2, 0) is 10.2 Å². The Labute approximate surface area is 172 Å². The summed E-state index contributed by atoms with van der Waals surface area (Å²) < 4.78 is 10.8. The minimum atomic E-state index is -0.141. The van der Waals surface area contributed by atoms with Crippen LogP contribution in [0.5, 0.6) is 11.5 Å². The Kier molecular flexibility index (Phi) is 7.81. The third-order valence-corrected chi connectivity index (χ3v) is 4.34. The van der Waals surface area contributed by atoms with E-state index < -0.39 is 0 Å². The van der Waals surface area contributed by atoms with Crippen LogP contribution in [0.25, 0.3) is 0 Å². The minimum absolute atomic E-state index is 0.120. The summed E-state index contributed by atoms with van der Waals surface area (Å²) in [4.78, 5) is 12.0. The molecule has 0 aliphatic heterocycles. The van der Waals surface area contributed by atoms with Gasteiger partial charge in [-0.05, 0) is 66.0 Å². The predicted molar refractivity (Wildman–Crippen MR) is 117 cm³/mol. The number of nitrogens with one attached hydrogen (secondary N) is 2. The minimum Gasteiger partial charge on any atom is -0.497 e. The molecule has 0 saturated heterocycles. The topological polar surface area (TPSA) is 59.6 Å². The van der Waals surface area contributed by atoms with E-state index in [9.17, 15) is 4.79 Å². The van der Waals surface area contributed by atoms with Crippen LogP contribution in [0.2, 0.25) is 0 Å². The number of amides is 1. The molecule has 2 rings (SSSR count). The molecule has 0 aliphatic rings. The van der Waals surface area contributed by atoms with Crippen molar-refractivity contribution in [3.05, 3.63) is 54.1 Å². The summed E-state index contributed by atoms with van der Waals surface area (Å²) in [6, 6.07) is 15.4. The van der Waals surface area contributed by atoms with Crippen LogP contribution >= 0.6 is 12.2 Å². The number of hydrogen-bond acceptors (Lipinski definition) is 4. The quantitative estimate of drug-likeness (QED) is 0.523. The molecular weight excluding hydrogens is 372 g/mol. The first-order valence-corrected chi connectivity index (χ1v) is 9.67. The van der Waals surface area contributed by atoms with E-state index in [0.717, 1.165) is 17.2 Å². The molecule has 0 radical (unpaired) electrons. The first kappa shape index (κ1) is 21.7. The van der Waals surface area contributed by atoms with E-state index in [-0.39, 0.29) is 16.4 Å². The zero-order valence-corrected chi connectivity index (χ0v) is 17.7. The molecule has 0 fully saturated rings. The second-order valence-corrected chi connectivity index (χ2v) is 7.87. The van der Waals surface area contributed by atoms with Crippen molar-refractivity contribution in [2.24, 2.45) is 0 Å². The second-order valence-electron chi connectivity index (χ2n) is 7.46. The van der Waals surface area contributed by atoms with Crippen molar-refractivity contribution in [2.75, 3.05) is 19.0 Å². The van der Waals surface area contributed by atoms with Gasteiger partial charge in [0.15, 0.2) is 5.11 Å². The van der Waals surface area contributed by atoms with Crippen molar-refractivity contribution < 1.29 is 14.3 Å². The lowest BCUT2D eigenvalue weighted by molar-refractivity contribution is -0.119. The Morgan fingerprint density at radius 2 is 1.61 bits per heavy atom. The average Bonchev–Trinajstić information content (AvgIpc) is 2.65. The highest BCUT2D eigenvalue weighted by Crippen LogP contribution is 2.24. The van der Waals surface area contributed by atoms with Crippen LogP contribution in [0.1, 0.15) is 39.2 Å². The van der Waals surface area contributed by atoms with Crippen molar-refractivity contribution in [1.82, 2.24) is 5.32 Å². The molecule has 0 bridgehead atoms. The Morgan fingerprint density at radius 1 is 1.00 bits per heavy atom. The third kappa shape index (κ3) is 7.19. The number of benzene rings is 2. The Balaban J connectivity index is 1.67. The second kappa shape index (κ2) is 10.1. The summed E-state index contributed by atoms with van der Waals surface area (Å²) in [6.07, 6.45) is 0.947. The van der Waals surface area contributed by atoms with Gasteiger partial charge in [-0.15, -0.1) is 0 Å². The Bertz CT molecular complexity index is 781. The zero-order valence-electron chi connectivity index (χ0n) is 16.9. The van der Waals surface area contributed by atoms with Crippen molar-refractivity contribution in [1.29, 1.82) is 0 Å². The predicted octanol–water partition coefficient (Wildman–Crippen LogP) is 4.66. The molecule has 28 heavy (non-hydrogen) atoms. The lowest BCUT2D eigenvalue weighted by atomic mass is 9.87. The molecular formula is C22H28N2O3S. The summed E-state index contributed by atoms with van der Waals surface area (Å²) in [5.41, 5.74) is 2.17. The highest BCUT2D eigenvalue weighted by atomic mass is 32.1. The van der Waals surface area contributed by atoms with Crippen molar-refractivity contribution in [2.45, 2.75) is 39.0 Å². The maximum Gasteiger partial charge on any atom is 0.226 e. The monoisotopic (exact) mass is 400 g/mol. The van der Waals surface area contributed by atoms with Gasteiger partial charge < -0.3 is 20.1 Å². The van der Waals surface area contributed by atoms with E-state index in [4.69, 9.17) is 21.7 Å². The SMILES string of the molecule is COc1ccc(NC(=S)NC(=O)CCCOc2ccc(C(C)(C)C)cc2)cc1. The van der Waals surface area contributed by atoms with Gasteiger partial charge in [-0.3, -0.25) is 4.79 Å². The number of carbonyl (C=O) groups excluding carboxylic acids is 1. The van der Waals surface area contributed by atoms with Gasteiger partial charge in [-0.1, -0.05) is 32.9 Å². The van der Waals surface area contributed by atoms with E-state index in [2.05, 4.69) is 43.5 Å². The lowest BCUT2D eigenvalue weighted by Gasteiger charge is -2.19. The van der Waals surface area contributed by atoms with Crippen LogP contribution in [0, 0.1) is 0 Å². The molecule has 2 aromatic rings. The molecule has 2 N–H and O–H groups in total. The highest BCUT2D eigenvalue weighted by molar-refractivity contribution is 7.80. The van der Waals surface area contributed by atoms with Gasteiger partial charge in [0.25, 0.3) is 0 Å². The molecule has 2 aromatic carbocycles. The molecule has 0 heterocycles. The number of ether oxygens (including phenoxy) is 2. The number of methoxy groups -OCH3 is 1. The van der Waals surface area contributed by atoms with Crippen molar-refractivity contribution in [3.8, 4) is 11.5 Å². The molecule has 6 heteroatoms. The summed E-state index contributed by atoms with van der Waals surface area (Å²) in [5.74, 6) is 1.43. The smallest absolute Gasteiger partial charge is 0.226 e. The largest absolute Gasteiger partial charge is 0.497 e. The van der Waals surface area contributed by atoms with Crippen LogP contribution in [0.3, 0.4) is 0 Å². The zero-order chi connectivity index (χ0) is 20.6. The van der Waals surface area contributed by atoms with Crippen molar-refractivity contribution in [3.63, 3.8) is 0 Å². The maximum absolute atomic E-state index is 12.0. The fourth-order valence-corrected chi connectivity index (χ4v) is 2.73. The van der Waals surface area contributed by atoms with Gasteiger partial charge in [0, 0.05) is 12.1 Å². The highest BCUT2D eigenvalue weighted by Gasteiger charge is 2.13. The fourth-order valence-electron chi connectivity index (χ4n) is 2.50. The van der Waals surface area contributed by atoms with E-state index >= 15 is 0 Å². The molecule has 0 unspecified atom stereocenters. The fraction of sp³-hybridized carbons (Fsp3) is 0.364. The number of hydrogen-bond donors (Lipinski definition) is 2. The van der Waals surface area contributed by atoms with E-state index in [1.54, 1.807) is 7.11 Å². The standard InChI is InChI=1S/C22H28N2O3S/c1-22(2,3)16-7-11-19(12-8-16)27-15-5-6-20(25)24-21(28)23-17-9-13-18(26-4)14-10-17/h7-14H,5-6,15H2,1-4H3,(H2,23,24,25,28). The van der Waals surface area contributed by atoms with Crippen LogP contribution in [-0.4, -0.2) is 24.7 Å². The number of rotatable bonds is 7. The maximum atomic E-state index is 12.0. The molecule has 0 spiro atoms. The summed E-state index contributed by atoms with van der Waals surface area (Å²) in [6.45, 7) is 7.00. The average molecular weight is 401 g/mol. The van der Waals surface area contributed by atoms with E-state index in [1.807, 2.05) is 36.4 Å². The van der Waals surface area contributed by atoms with E-state index in [1.165, 1.54) is 5.56 Å². The first-order chi connectivity index (χ1) is 13.3. The van der Waals surface area contributed by atoms with Crippen molar-refractivity contribution >= 4 is 28.9 Å². The Morgan fingerprint density at radius 3 is 2.18 bits per heavy atom. The first-order valence-electron chi connectivity index (χ1n) is 9.26.